The molecule has 0 saturated carbocycles. The maximum atomic E-state index is 13.9. The molecule has 1 rings (SSSR count). The van der Waals surface area contributed by atoms with Gasteiger partial charge in [-0.1, -0.05) is 18.2 Å². The molecule has 1 aromatic rings. The van der Waals surface area contributed by atoms with Gasteiger partial charge in [-0.05, 0) is 33.8 Å². The van der Waals surface area contributed by atoms with Crippen LogP contribution in [0.2, 0.25) is 0 Å². The molecule has 0 saturated heterocycles. The molecule has 0 fully saturated rings. The molecule has 0 atom stereocenters. The van der Waals surface area contributed by atoms with Crippen molar-refractivity contribution in [2.75, 3.05) is 19.6 Å². The van der Waals surface area contributed by atoms with Gasteiger partial charge in [0.1, 0.15) is 5.82 Å². The van der Waals surface area contributed by atoms with Gasteiger partial charge in [-0.15, -0.1) is 0 Å². The average Bonchev–Trinajstić information content (AvgIpc) is 2.48. The van der Waals surface area contributed by atoms with E-state index in [1.807, 2.05) is 13.8 Å². The number of hydrogen-bond donors (Lipinski definition) is 1. The topological polar surface area (TPSA) is 49.4 Å². The monoisotopic (exact) mass is 308 g/mol. The quantitative estimate of drug-likeness (QED) is 0.841. The number of benzene rings is 1. The molecule has 0 heterocycles. The Bertz CT molecular complexity index is 525. The third kappa shape index (κ3) is 4.29. The van der Waals surface area contributed by atoms with E-state index < -0.39 is 11.2 Å². The fourth-order valence-electron chi connectivity index (χ4n) is 2.33. The van der Waals surface area contributed by atoms with E-state index in [2.05, 4.69) is 5.32 Å². The van der Waals surface area contributed by atoms with Gasteiger partial charge in [0.15, 0.2) is 0 Å². The van der Waals surface area contributed by atoms with Crippen LogP contribution < -0.4 is 5.32 Å². The maximum absolute atomic E-state index is 13.9. The normalized spacial score (nSPS) is 11.1. The Labute approximate surface area is 131 Å². The highest BCUT2D eigenvalue weighted by Gasteiger charge is 2.32. The maximum Gasteiger partial charge on any atom is 0.230 e. The summed E-state index contributed by atoms with van der Waals surface area (Å²) >= 11 is 0. The molecule has 2 amide bonds. The number of hydrogen-bond acceptors (Lipinski definition) is 2. The lowest BCUT2D eigenvalue weighted by molar-refractivity contribution is -0.131. The smallest absolute Gasteiger partial charge is 0.230 e. The van der Waals surface area contributed by atoms with Crippen molar-refractivity contribution in [3.63, 3.8) is 0 Å². The molecule has 0 aliphatic carbocycles. The van der Waals surface area contributed by atoms with Crippen molar-refractivity contribution in [2.45, 2.75) is 39.5 Å². The molecule has 1 N–H and O–H groups in total. The van der Waals surface area contributed by atoms with Gasteiger partial charge < -0.3 is 10.2 Å². The summed E-state index contributed by atoms with van der Waals surface area (Å²) < 4.78 is 13.9. The Morgan fingerprint density at radius 3 is 2.32 bits per heavy atom. The molecule has 0 aliphatic heterocycles. The van der Waals surface area contributed by atoms with E-state index in [1.165, 1.54) is 6.07 Å². The summed E-state index contributed by atoms with van der Waals surface area (Å²) in [6, 6.07) is 6.25. The summed E-state index contributed by atoms with van der Waals surface area (Å²) in [6.07, 6.45) is 0.251. The van der Waals surface area contributed by atoms with E-state index in [1.54, 1.807) is 36.9 Å². The highest BCUT2D eigenvalue weighted by Crippen LogP contribution is 2.25. The first-order valence-electron chi connectivity index (χ1n) is 7.65. The summed E-state index contributed by atoms with van der Waals surface area (Å²) in [5, 5.41) is 2.73. The van der Waals surface area contributed by atoms with Crippen molar-refractivity contribution >= 4 is 11.8 Å². The molecule has 0 bridgehead atoms. The van der Waals surface area contributed by atoms with Gasteiger partial charge in [0.05, 0.1) is 5.41 Å². The van der Waals surface area contributed by atoms with Crippen LogP contribution in [0.3, 0.4) is 0 Å². The van der Waals surface area contributed by atoms with E-state index in [0.717, 1.165) is 0 Å². The first-order chi connectivity index (χ1) is 10.3. The Kier molecular flexibility index (Phi) is 6.53. The zero-order valence-electron chi connectivity index (χ0n) is 13.8. The molecule has 122 valence electrons. The summed E-state index contributed by atoms with van der Waals surface area (Å²) in [4.78, 5) is 25.9. The predicted molar refractivity (Wildman–Crippen MR) is 85.0 cm³/mol. The molecule has 0 spiro atoms. The fourth-order valence-corrected chi connectivity index (χ4v) is 2.33. The van der Waals surface area contributed by atoms with Crippen molar-refractivity contribution in [1.82, 2.24) is 10.2 Å². The van der Waals surface area contributed by atoms with Gasteiger partial charge in [0.2, 0.25) is 11.8 Å². The number of nitrogens with one attached hydrogen (secondary N) is 1. The predicted octanol–water partition coefficient (Wildman–Crippen LogP) is 2.48. The van der Waals surface area contributed by atoms with Crippen molar-refractivity contribution in [1.29, 1.82) is 0 Å². The van der Waals surface area contributed by atoms with Crippen molar-refractivity contribution in [2.24, 2.45) is 0 Å². The van der Waals surface area contributed by atoms with E-state index in [-0.39, 0.29) is 24.8 Å². The molecule has 22 heavy (non-hydrogen) atoms. The third-order valence-corrected chi connectivity index (χ3v) is 3.86. The van der Waals surface area contributed by atoms with Crippen LogP contribution in [0.25, 0.3) is 0 Å². The minimum atomic E-state index is -0.983. The van der Waals surface area contributed by atoms with E-state index in [0.29, 0.717) is 18.7 Å². The second kappa shape index (κ2) is 7.92. The van der Waals surface area contributed by atoms with Gasteiger partial charge in [-0.25, -0.2) is 4.39 Å². The number of carbonyl (C=O) groups is 2. The van der Waals surface area contributed by atoms with Crippen LogP contribution in [0.15, 0.2) is 24.3 Å². The number of rotatable bonds is 7. The summed E-state index contributed by atoms with van der Waals surface area (Å²) in [7, 11) is 0. The lowest BCUT2D eigenvalue weighted by atomic mass is 9.83. The Balaban J connectivity index is 2.62. The molecule has 0 aliphatic rings. The fraction of sp³-hybridized carbons (Fsp3) is 0.529. The van der Waals surface area contributed by atoms with Crippen LogP contribution in [-0.2, 0) is 15.0 Å². The second-order valence-corrected chi connectivity index (χ2v) is 5.68. The highest BCUT2D eigenvalue weighted by atomic mass is 19.1. The first-order valence-corrected chi connectivity index (χ1v) is 7.65. The SMILES string of the molecule is CCN(CC)C(=O)CCNC(=O)C(C)(C)c1ccccc1F. The van der Waals surface area contributed by atoms with Crippen molar-refractivity contribution in [3.8, 4) is 0 Å². The molecule has 5 heteroatoms. The third-order valence-electron chi connectivity index (χ3n) is 3.86. The van der Waals surface area contributed by atoms with Crippen LogP contribution >= 0.6 is 0 Å². The van der Waals surface area contributed by atoms with Crippen LogP contribution in [-0.4, -0.2) is 36.3 Å². The van der Waals surface area contributed by atoms with Crippen LogP contribution in [0.1, 0.15) is 39.7 Å². The van der Waals surface area contributed by atoms with Gasteiger partial charge in [0.25, 0.3) is 0 Å². The molecule has 0 radical (unpaired) electrons. The zero-order valence-corrected chi connectivity index (χ0v) is 13.8. The van der Waals surface area contributed by atoms with Crippen molar-refractivity contribution in [3.05, 3.63) is 35.6 Å². The van der Waals surface area contributed by atoms with Crippen molar-refractivity contribution < 1.29 is 14.0 Å². The van der Waals surface area contributed by atoms with Crippen LogP contribution in [0.5, 0.6) is 0 Å². The van der Waals surface area contributed by atoms with E-state index in [9.17, 15) is 14.0 Å². The average molecular weight is 308 g/mol. The van der Waals surface area contributed by atoms with E-state index in [4.69, 9.17) is 0 Å². The molecular formula is C17H25FN2O2. The van der Waals surface area contributed by atoms with Crippen LogP contribution in [0, 0.1) is 5.82 Å². The number of nitrogens with zero attached hydrogens (tertiary/aromatic N) is 1. The highest BCUT2D eigenvalue weighted by molar-refractivity contribution is 5.87. The second-order valence-electron chi connectivity index (χ2n) is 5.68. The van der Waals surface area contributed by atoms with Gasteiger partial charge >= 0.3 is 0 Å². The minimum Gasteiger partial charge on any atom is -0.355 e. The molecule has 0 unspecified atom stereocenters. The summed E-state index contributed by atoms with van der Waals surface area (Å²) in [5.74, 6) is -0.680. The minimum absolute atomic E-state index is 0.00833. The molecule has 0 aromatic heterocycles. The van der Waals surface area contributed by atoms with Crippen LogP contribution in [0.4, 0.5) is 4.39 Å². The van der Waals surface area contributed by atoms with Gasteiger partial charge in [-0.2, -0.15) is 0 Å². The lowest BCUT2D eigenvalue weighted by Crippen LogP contribution is -2.42. The number of halogens is 1. The van der Waals surface area contributed by atoms with E-state index >= 15 is 0 Å². The number of carbonyl (C=O) groups excluding carboxylic acids is 2. The summed E-state index contributed by atoms with van der Waals surface area (Å²) in [6.45, 7) is 8.75. The van der Waals surface area contributed by atoms with Gasteiger partial charge in [-0.3, -0.25) is 9.59 Å². The Morgan fingerprint density at radius 1 is 1.18 bits per heavy atom. The lowest BCUT2D eigenvalue weighted by Gasteiger charge is -2.25. The largest absolute Gasteiger partial charge is 0.355 e. The standard InChI is InChI=1S/C17H25FN2O2/c1-5-20(6-2)15(21)11-12-19-16(22)17(3,4)13-9-7-8-10-14(13)18/h7-10H,5-6,11-12H2,1-4H3,(H,19,22). The van der Waals surface area contributed by atoms with Gasteiger partial charge in [0, 0.05) is 31.6 Å². The number of amides is 2. The Morgan fingerprint density at radius 2 is 1.77 bits per heavy atom. The zero-order chi connectivity index (χ0) is 16.8. The first kappa shape index (κ1) is 18.1. The molecule has 4 nitrogen and oxygen atoms in total. The molecular weight excluding hydrogens is 283 g/mol. The summed E-state index contributed by atoms with van der Waals surface area (Å²) in [5.41, 5.74) is -0.633. The molecule has 1 aromatic carbocycles. The Hall–Kier alpha value is -1.91.